The molecule has 0 radical (unpaired) electrons. The molecule has 3 nitrogen and oxygen atoms in total. The SMILES string of the molecule is CC#CCNc1cc(C#N)cc(C)n1. The van der Waals surface area contributed by atoms with Crippen molar-refractivity contribution >= 4 is 5.82 Å². The highest BCUT2D eigenvalue weighted by atomic mass is 15.0. The molecule has 70 valence electrons. The van der Waals surface area contributed by atoms with Gasteiger partial charge in [0.25, 0.3) is 0 Å². The van der Waals surface area contributed by atoms with Gasteiger partial charge in [-0.1, -0.05) is 5.92 Å². The van der Waals surface area contributed by atoms with E-state index in [9.17, 15) is 0 Å². The Balaban J connectivity index is 2.81. The summed E-state index contributed by atoms with van der Waals surface area (Å²) in [4.78, 5) is 4.22. The van der Waals surface area contributed by atoms with Crippen molar-refractivity contribution in [2.75, 3.05) is 11.9 Å². The van der Waals surface area contributed by atoms with E-state index in [1.165, 1.54) is 0 Å². The molecule has 1 rings (SSSR count). The van der Waals surface area contributed by atoms with Crippen molar-refractivity contribution in [1.82, 2.24) is 4.98 Å². The molecule has 0 saturated carbocycles. The van der Waals surface area contributed by atoms with E-state index in [2.05, 4.69) is 28.2 Å². The van der Waals surface area contributed by atoms with Crippen LogP contribution in [0.15, 0.2) is 12.1 Å². The summed E-state index contributed by atoms with van der Waals surface area (Å²) in [5.74, 6) is 6.34. The van der Waals surface area contributed by atoms with Crippen LogP contribution in [-0.2, 0) is 0 Å². The van der Waals surface area contributed by atoms with Crippen molar-refractivity contribution in [2.24, 2.45) is 0 Å². The Bertz CT molecular complexity index is 418. The first-order valence-corrected chi connectivity index (χ1v) is 4.28. The van der Waals surface area contributed by atoms with E-state index in [1.54, 1.807) is 19.1 Å². The van der Waals surface area contributed by atoms with Gasteiger partial charge in [-0.2, -0.15) is 5.26 Å². The summed E-state index contributed by atoms with van der Waals surface area (Å²) in [6.45, 7) is 4.20. The third-order valence-electron chi connectivity index (χ3n) is 1.62. The Kier molecular flexibility index (Phi) is 3.52. The van der Waals surface area contributed by atoms with Gasteiger partial charge in [0.05, 0.1) is 18.2 Å². The number of nitrogens with zero attached hydrogens (tertiary/aromatic N) is 2. The third-order valence-corrected chi connectivity index (χ3v) is 1.62. The van der Waals surface area contributed by atoms with Crippen molar-refractivity contribution < 1.29 is 0 Å². The molecule has 1 N–H and O–H groups in total. The second-order valence-electron chi connectivity index (χ2n) is 2.77. The average Bonchev–Trinajstić information content (AvgIpc) is 2.17. The molecule has 0 saturated heterocycles. The van der Waals surface area contributed by atoms with Crippen molar-refractivity contribution in [1.29, 1.82) is 5.26 Å². The first kappa shape index (κ1) is 10.1. The van der Waals surface area contributed by atoms with Crippen molar-refractivity contribution in [3.63, 3.8) is 0 Å². The molecule has 0 aliphatic heterocycles. The van der Waals surface area contributed by atoms with E-state index in [0.29, 0.717) is 17.9 Å². The molecule has 1 aromatic rings. The van der Waals surface area contributed by atoms with Gasteiger partial charge in [0, 0.05) is 5.69 Å². The van der Waals surface area contributed by atoms with Crippen LogP contribution in [0.3, 0.4) is 0 Å². The van der Waals surface area contributed by atoms with Gasteiger partial charge in [0.1, 0.15) is 5.82 Å². The van der Waals surface area contributed by atoms with Gasteiger partial charge in [-0.05, 0) is 26.0 Å². The lowest BCUT2D eigenvalue weighted by Crippen LogP contribution is -2.02. The maximum absolute atomic E-state index is 8.72. The summed E-state index contributed by atoms with van der Waals surface area (Å²) in [5.41, 5.74) is 1.44. The molecule has 14 heavy (non-hydrogen) atoms. The largest absolute Gasteiger partial charge is 0.359 e. The molecular weight excluding hydrogens is 174 g/mol. The Morgan fingerprint density at radius 1 is 1.50 bits per heavy atom. The topological polar surface area (TPSA) is 48.7 Å². The zero-order valence-electron chi connectivity index (χ0n) is 8.26. The monoisotopic (exact) mass is 185 g/mol. The van der Waals surface area contributed by atoms with Crippen LogP contribution in [0.1, 0.15) is 18.2 Å². The Labute approximate surface area is 83.8 Å². The number of pyridine rings is 1. The highest BCUT2D eigenvalue weighted by molar-refractivity contribution is 5.44. The van der Waals surface area contributed by atoms with Crippen LogP contribution in [0.2, 0.25) is 0 Å². The van der Waals surface area contributed by atoms with Crippen molar-refractivity contribution in [2.45, 2.75) is 13.8 Å². The van der Waals surface area contributed by atoms with Crippen molar-refractivity contribution in [3.8, 4) is 17.9 Å². The molecule has 0 aliphatic rings. The third kappa shape index (κ3) is 2.80. The molecule has 0 bridgehead atoms. The number of aromatic nitrogens is 1. The number of nitriles is 1. The molecule has 1 aromatic heterocycles. The number of hydrogen-bond donors (Lipinski definition) is 1. The number of rotatable bonds is 2. The summed E-state index contributed by atoms with van der Waals surface area (Å²) in [5, 5.41) is 11.7. The van der Waals surface area contributed by atoms with E-state index < -0.39 is 0 Å². The molecule has 0 atom stereocenters. The van der Waals surface area contributed by atoms with E-state index in [0.717, 1.165) is 5.69 Å². The van der Waals surface area contributed by atoms with E-state index >= 15 is 0 Å². The maximum atomic E-state index is 8.72. The lowest BCUT2D eigenvalue weighted by Gasteiger charge is -2.02. The summed E-state index contributed by atoms with van der Waals surface area (Å²) in [6, 6.07) is 5.54. The minimum Gasteiger partial charge on any atom is -0.359 e. The fourth-order valence-corrected chi connectivity index (χ4v) is 1.05. The van der Waals surface area contributed by atoms with Gasteiger partial charge in [-0.25, -0.2) is 4.98 Å². The first-order chi connectivity index (χ1) is 6.76. The highest BCUT2D eigenvalue weighted by Gasteiger charge is 1.97. The van der Waals surface area contributed by atoms with Crippen LogP contribution >= 0.6 is 0 Å². The quantitative estimate of drug-likeness (QED) is 0.713. The predicted octanol–water partition coefficient (Wildman–Crippen LogP) is 1.70. The van der Waals surface area contributed by atoms with Gasteiger partial charge in [-0.3, -0.25) is 0 Å². The Hall–Kier alpha value is -2.00. The minimum atomic E-state index is 0.553. The fraction of sp³-hybridized carbons (Fsp3) is 0.273. The summed E-state index contributed by atoms with van der Waals surface area (Å²) in [6.07, 6.45) is 0. The number of nitrogens with one attached hydrogen (secondary N) is 1. The van der Waals surface area contributed by atoms with Crippen LogP contribution < -0.4 is 5.32 Å². The average molecular weight is 185 g/mol. The van der Waals surface area contributed by atoms with E-state index in [1.807, 2.05) is 6.92 Å². The van der Waals surface area contributed by atoms with Crippen LogP contribution in [0, 0.1) is 30.1 Å². The summed E-state index contributed by atoms with van der Waals surface area (Å²) >= 11 is 0. The lowest BCUT2D eigenvalue weighted by molar-refractivity contribution is 1.16. The molecule has 0 unspecified atom stereocenters. The molecule has 3 heteroatoms. The second kappa shape index (κ2) is 4.89. The highest BCUT2D eigenvalue weighted by Crippen LogP contribution is 2.08. The standard InChI is InChI=1S/C11H11N3/c1-3-4-5-13-11-7-10(8-12)6-9(2)14-11/h6-7H,5H2,1-2H3,(H,13,14). The van der Waals surface area contributed by atoms with Gasteiger partial charge in [-0.15, -0.1) is 5.92 Å². The van der Waals surface area contributed by atoms with Gasteiger partial charge in [0.2, 0.25) is 0 Å². The van der Waals surface area contributed by atoms with Gasteiger partial charge >= 0.3 is 0 Å². The fourth-order valence-electron chi connectivity index (χ4n) is 1.05. The Morgan fingerprint density at radius 2 is 2.29 bits per heavy atom. The first-order valence-electron chi connectivity index (χ1n) is 4.28. The number of hydrogen-bond acceptors (Lipinski definition) is 3. The maximum Gasteiger partial charge on any atom is 0.128 e. The van der Waals surface area contributed by atoms with Crippen molar-refractivity contribution in [3.05, 3.63) is 23.4 Å². The predicted molar refractivity (Wildman–Crippen MR) is 55.6 cm³/mol. The molecule has 0 aliphatic carbocycles. The van der Waals surface area contributed by atoms with Crippen LogP contribution in [-0.4, -0.2) is 11.5 Å². The zero-order valence-corrected chi connectivity index (χ0v) is 8.26. The van der Waals surface area contributed by atoms with Crippen LogP contribution in [0.5, 0.6) is 0 Å². The molecule has 0 fully saturated rings. The zero-order chi connectivity index (χ0) is 10.4. The number of anilines is 1. The number of aryl methyl sites for hydroxylation is 1. The van der Waals surface area contributed by atoms with Crippen LogP contribution in [0.4, 0.5) is 5.82 Å². The molecule has 1 heterocycles. The normalized spacial score (nSPS) is 8.36. The molecule has 0 amide bonds. The summed E-state index contributed by atoms with van der Waals surface area (Å²) < 4.78 is 0. The molecule has 0 aromatic carbocycles. The molecular formula is C11H11N3. The van der Waals surface area contributed by atoms with Gasteiger partial charge < -0.3 is 5.32 Å². The lowest BCUT2D eigenvalue weighted by atomic mass is 10.2. The van der Waals surface area contributed by atoms with Gasteiger partial charge in [0.15, 0.2) is 0 Å². The van der Waals surface area contributed by atoms with E-state index in [4.69, 9.17) is 5.26 Å². The molecule has 0 spiro atoms. The van der Waals surface area contributed by atoms with Crippen LogP contribution in [0.25, 0.3) is 0 Å². The summed E-state index contributed by atoms with van der Waals surface area (Å²) in [7, 11) is 0. The minimum absolute atomic E-state index is 0.553. The second-order valence-corrected chi connectivity index (χ2v) is 2.77. The van der Waals surface area contributed by atoms with E-state index in [-0.39, 0.29) is 0 Å². The Morgan fingerprint density at radius 3 is 2.93 bits per heavy atom. The smallest absolute Gasteiger partial charge is 0.128 e.